The molecule has 25 heavy (non-hydrogen) atoms. The Hall–Kier alpha value is -3.00. The highest BCUT2D eigenvalue weighted by molar-refractivity contribution is 5.64. The standard InChI is InChI=1S/C17H16FN5O2/c18-13-4-2-1-3-11(13)15-12-9-23(6-5-14(12)21-22-15)8-10-7-19-17(25)20-16(10)24/h1-4,7H,5-6,8-9H2,(H,21,22)(H2,19,20,24,25). The summed E-state index contributed by atoms with van der Waals surface area (Å²) in [6, 6.07) is 6.54. The average molecular weight is 341 g/mol. The van der Waals surface area contributed by atoms with Gasteiger partial charge in [-0.25, -0.2) is 9.18 Å². The van der Waals surface area contributed by atoms with Crippen molar-refractivity contribution in [1.29, 1.82) is 0 Å². The van der Waals surface area contributed by atoms with Gasteiger partial charge in [0.05, 0.1) is 5.69 Å². The van der Waals surface area contributed by atoms with Gasteiger partial charge in [0.25, 0.3) is 5.56 Å². The largest absolute Gasteiger partial charge is 0.325 e. The quantitative estimate of drug-likeness (QED) is 0.666. The number of nitrogens with zero attached hydrogens (tertiary/aromatic N) is 2. The second-order valence-electron chi connectivity index (χ2n) is 6.07. The van der Waals surface area contributed by atoms with Gasteiger partial charge in [-0.05, 0) is 12.1 Å². The molecule has 3 N–H and O–H groups in total. The third kappa shape index (κ3) is 2.91. The van der Waals surface area contributed by atoms with E-state index in [1.165, 1.54) is 12.3 Å². The summed E-state index contributed by atoms with van der Waals surface area (Å²) < 4.78 is 14.1. The summed E-state index contributed by atoms with van der Waals surface area (Å²) in [5.41, 5.74) is 2.57. The molecule has 0 amide bonds. The van der Waals surface area contributed by atoms with Crippen LogP contribution in [0.2, 0.25) is 0 Å². The van der Waals surface area contributed by atoms with Crippen molar-refractivity contribution in [1.82, 2.24) is 25.1 Å². The maximum Gasteiger partial charge on any atom is 0.325 e. The summed E-state index contributed by atoms with van der Waals surface area (Å²) in [6.45, 7) is 1.69. The molecule has 1 aromatic carbocycles. The first-order chi connectivity index (χ1) is 12.1. The highest BCUT2D eigenvalue weighted by atomic mass is 19.1. The lowest BCUT2D eigenvalue weighted by molar-refractivity contribution is 0.243. The molecule has 1 aliphatic heterocycles. The van der Waals surface area contributed by atoms with Gasteiger partial charge in [0, 0.05) is 54.6 Å². The fraction of sp³-hybridized carbons (Fsp3) is 0.235. The molecule has 0 saturated carbocycles. The number of halogens is 1. The van der Waals surface area contributed by atoms with Gasteiger partial charge < -0.3 is 4.98 Å². The van der Waals surface area contributed by atoms with E-state index >= 15 is 0 Å². The lowest BCUT2D eigenvalue weighted by Gasteiger charge is -2.26. The minimum absolute atomic E-state index is 0.314. The van der Waals surface area contributed by atoms with E-state index in [1.807, 2.05) is 0 Å². The number of hydrogen-bond acceptors (Lipinski definition) is 4. The van der Waals surface area contributed by atoms with Crippen molar-refractivity contribution in [3.8, 4) is 11.3 Å². The van der Waals surface area contributed by atoms with Crippen LogP contribution in [0, 0.1) is 5.82 Å². The van der Waals surface area contributed by atoms with Crippen LogP contribution in [0.15, 0.2) is 40.1 Å². The molecule has 4 rings (SSSR count). The van der Waals surface area contributed by atoms with E-state index < -0.39 is 11.2 Å². The number of aromatic nitrogens is 4. The van der Waals surface area contributed by atoms with E-state index in [2.05, 4.69) is 25.1 Å². The predicted octanol–water partition coefficient (Wildman–Crippen LogP) is 1.15. The summed E-state index contributed by atoms with van der Waals surface area (Å²) in [6.07, 6.45) is 2.17. The molecule has 0 unspecified atom stereocenters. The molecule has 2 aromatic heterocycles. The fourth-order valence-corrected chi connectivity index (χ4v) is 3.16. The molecule has 0 bridgehead atoms. The smallest absolute Gasteiger partial charge is 0.314 e. The molecule has 3 aromatic rings. The van der Waals surface area contributed by atoms with Crippen molar-refractivity contribution in [3.05, 3.63) is 73.9 Å². The average Bonchev–Trinajstić information content (AvgIpc) is 3.01. The molecule has 128 valence electrons. The molecular formula is C17H16FN5O2. The van der Waals surface area contributed by atoms with E-state index in [0.29, 0.717) is 29.9 Å². The molecule has 0 aliphatic carbocycles. The molecule has 0 spiro atoms. The summed E-state index contributed by atoms with van der Waals surface area (Å²) in [4.78, 5) is 29.8. The molecule has 1 aliphatic rings. The maximum absolute atomic E-state index is 14.1. The minimum atomic E-state index is -0.522. The Kier molecular flexibility index (Phi) is 3.81. The number of H-pyrrole nitrogens is 3. The maximum atomic E-state index is 14.1. The molecule has 0 saturated heterocycles. The normalized spacial score (nSPS) is 14.4. The van der Waals surface area contributed by atoms with E-state index in [0.717, 1.165) is 24.2 Å². The van der Waals surface area contributed by atoms with Crippen LogP contribution in [0.3, 0.4) is 0 Å². The Morgan fingerprint density at radius 2 is 2.08 bits per heavy atom. The van der Waals surface area contributed by atoms with Gasteiger partial charge in [0.2, 0.25) is 0 Å². The van der Waals surface area contributed by atoms with Crippen LogP contribution >= 0.6 is 0 Å². The van der Waals surface area contributed by atoms with Gasteiger partial charge >= 0.3 is 5.69 Å². The number of fused-ring (bicyclic) bond motifs is 1. The predicted molar refractivity (Wildman–Crippen MR) is 89.5 cm³/mol. The van der Waals surface area contributed by atoms with E-state index in [1.54, 1.807) is 18.2 Å². The molecule has 0 atom stereocenters. The summed E-state index contributed by atoms with van der Waals surface area (Å²) >= 11 is 0. The van der Waals surface area contributed by atoms with Gasteiger partial charge in [0.15, 0.2) is 0 Å². The first-order valence-electron chi connectivity index (χ1n) is 7.96. The Bertz CT molecular complexity index is 1040. The van der Waals surface area contributed by atoms with Crippen molar-refractivity contribution < 1.29 is 4.39 Å². The molecule has 7 nitrogen and oxygen atoms in total. The van der Waals surface area contributed by atoms with E-state index in [4.69, 9.17) is 0 Å². The number of nitrogens with one attached hydrogen (secondary N) is 3. The van der Waals surface area contributed by atoms with Gasteiger partial charge in [0.1, 0.15) is 5.82 Å². The van der Waals surface area contributed by atoms with Crippen LogP contribution in [-0.4, -0.2) is 31.6 Å². The third-order valence-corrected chi connectivity index (χ3v) is 4.43. The lowest BCUT2D eigenvalue weighted by atomic mass is 10.0. The minimum Gasteiger partial charge on any atom is -0.314 e. The second kappa shape index (κ2) is 6.14. The van der Waals surface area contributed by atoms with Gasteiger partial charge in [-0.1, -0.05) is 12.1 Å². The van der Waals surface area contributed by atoms with Crippen LogP contribution in [-0.2, 0) is 19.5 Å². The van der Waals surface area contributed by atoms with Gasteiger partial charge in [-0.3, -0.25) is 19.8 Å². The van der Waals surface area contributed by atoms with E-state index in [9.17, 15) is 14.0 Å². The number of benzene rings is 1. The molecule has 8 heteroatoms. The van der Waals surface area contributed by atoms with Crippen LogP contribution in [0.1, 0.15) is 16.8 Å². The zero-order valence-electron chi connectivity index (χ0n) is 13.3. The second-order valence-corrected chi connectivity index (χ2v) is 6.07. The fourth-order valence-electron chi connectivity index (χ4n) is 3.16. The first kappa shape index (κ1) is 15.5. The summed E-state index contributed by atoms with van der Waals surface area (Å²) in [5, 5.41) is 7.29. The first-order valence-corrected chi connectivity index (χ1v) is 7.96. The van der Waals surface area contributed by atoms with Crippen LogP contribution in [0.25, 0.3) is 11.3 Å². The van der Waals surface area contributed by atoms with Crippen molar-refractivity contribution in [2.75, 3.05) is 6.54 Å². The number of rotatable bonds is 3. The Morgan fingerprint density at radius 3 is 2.88 bits per heavy atom. The molecule has 3 heterocycles. The molecular weight excluding hydrogens is 325 g/mol. The number of aromatic amines is 3. The molecule has 0 fully saturated rings. The zero-order chi connectivity index (χ0) is 17.4. The SMILES string of the molecule is O=c1[nH]cc(CN2CCc3[nH]nc(-c4ccccc4F)c3C2)c(=O)[nH]1. The topological polar surface area (TPSA) is 97.6 Å². The Morgan fingerprint density at radius 1 is 1.24 bits per heavy atom. The Balaban J connectivity index is 1.63. The summed E-state index contributed by atoms with van der Waals surface area (Å²) in [5.74, 6) is -0.314. The van der Waals surface area contributed by atoms with Crippen molar-refractivity contribution in [2.45, 2.75) is 19.5 Å². The zero-order valence-corrected chi connectivity index (χ0v) is 13.3. The van der Waals surface area contributed by atoms with Crippen molar-refractivity contribution in [3.63, 3.8) is 0 Å². The Labute approximate surface area is 141 Å². The summed E-state index contributed by atoms with van der Waals surface area (Å²) in [7, 11) is 0. The van der Waals surface area contributed by atoms with Crippen molar-refractivity contribution >= 4 is 0 Å². The van der Waals surface area contributed by atoms with E-state index in [-0.39, 0.29) is 5.82 Å². The van der Waals surface area contributed by atoms with Crippen LogP contribution in [0.4, 0.5) is 4.39 Å². The van der Waals surface area contributed by atoms with Crippen LogP contribution < -0.4 is 11.2 Å². The molecule has 0 radical (unpaired) electrons. The van der Waals surface area contributed by atoms with Gasteiger partial charge in [-0.2, -0.15) is 5.10 Å². The lowest BCUT2D eigenvalue weighted by Crippen LogP contribution is -2.34. The third-order valence-electron chi connectivity index (χ3n) is 4.43. The van der Waals surface area contributed by atoms with Crippen molar-refractivity contribution in [2.24, 2.45) is 0 Å². The van der Waals surface area contributed by atoms with Gasteiger partial charge in [-0.15, -0.1) is 0 Å². The van der Waals surface area contributed by atoms with Crippen LogP contribution in [0.5, 0.6) is 0 Å². The highest BCUT2D eigenvalue weighted by Crippen LogP contribution is 2.30. The number of hydrogen-bond donors (Lipinski definition) is 3. The highest BCUT2D eigenvalue weighted by Gasteiger charge is 2.24. The monoisotopic (exact) mass is 341 g/mol.